The molecule has 4 nitrogen and oxygen atoms in total. The molecule has 1 aliphatic heterocycles. The SMILES string of the molecule is O=c1cc(Nc2cccc(Cl)c2)nc2n1CCCC2. The molecule has 0 saturated carbocycles. The lowest BCUT2D eigenvalue weighted by atomic mass is 10.1. The molecule has 1 aromatic heterocycles. The van der Waals surface area contributed by atoms with Gasteiger partial charge in [-0.1, -0.05) is 17.7 Å². The molecule has 98 valence electrons. The molecule has 3 rings (SSSR count). The van der Waals surface area contributed by atoms with Gasteiger partial charge in [-0.25, -0.2) is 4.98 Å². The Hall–Kier alpha value is -1.81. The van der Waals surface area contributed by atoms with Crippen LogP contribution in [-0.2, 0) is 13.0 Å². The van der Waals surface area contributed by atoms with Gasteiger partial charge in [-0.3, -0.25) is 9.36 Å². The molecule has 0 amide bonds. The van der Waals surface area contributed by atoms with Crippen molar-refractivity contribution < 1.29 is 0 Å². The van der Waals surface area contributed by atoms with Crippen molar-refractivity contribution in [1.29, 1.82) is 0 Å². The zero-order chi connectivity index (χ0) is 13.2. The summed E-state index contributed by atoms with van der Waals surface area (Å²) in [5.74, 6) is 1.45. The van der Waals surface area contributed by atoms with Crippen LogP contribution < -0.4 is 10.9 Å². The van der Waals surface area contributed by atoms with E-state index in [1.54, 1.807) is 10.6 Å². The Labute approximate surface area is 116 Å². The van der Waals surface area contributed by atoms with E-state index >= 15 is 0 Å². The Balaban J connectivity index is 1.94. The quantitative estimate of drug-likeness (QED) is 0.917. The van der Waals surface area contributed by atoms with Crippen LogP contribution >= 0.6 is 11.6 Å². The van der Waals surface area contributed by atoms with E-state index in [0.29, 0.717) is 10.8 Å². The van der Waals surface area contributed by atoms with Gasteiger partial charge < -0.3 is 5.32 Å². The summed E-state index contributed by atoms with van der Waals surface area (Å²) >= 11 is 5.93. The number of nitrogens with zero attached hydrogens (tertiary/aromatic N) is 2. The third-order valence-electron chi connectivity index (χ3n) is 3.22. The van der Waals surface area contributed by atoms with E-state index in [0.717, 1.165) is 37.3 Å². The highest BCUT2D eigenvalue weighted by atomic mass is 35.5. The van der Waals surface area contributed by atoms with Crippen LogP contribution in [0.1, 0.15) is 18.7 Å². The first-order valence-corrected chi connectivity index (χ1v) is 6.73. The van der Waals surface area contributed by atoms with Crippen molar-refractivity contribution in [2.24, 2.45) is 0 Å². The number of rotatable bonds is 2. The van der Waals surface area contributed by atoms with E-state index in [4.69, 9.17) is 11.6 Å². The van der Waals surface area contributed by atoms with Crippen LogP contribution in [0.4, 0.5) is 11.5 Å². The number of hydrogen-bond donors (Lipinski definition) is 1. The van der Waals surface area contributed by atoms with Crippen molar-refractivity contribution >= 4 is 23.1 Å². The summed E-state index contributed by atoms with van der Waals surface area (Å²) in [6, 6.07) is 8.90. The van der Waals surface area contributed by atoms with Gasteiger partial charge in [0.2, 0.25) is 0 Å². The minimum atomic E-state index is 0.00854. The van der Waals surface area contributed by atoms with Gasteiger partial charge in [0.05, 0.1) is 0 Å². The predicted molar refractivity (Wildman–Crippen MR) is 76.2 cm³/mol. The molecular formula is C14H14ClN3O. The molecule has 19 heavy (non-hydrogen) atoms. The average Bonchev–Trinajstić information content (AvgIpc) is 2.39. The fourth-order valence-corrected chi connectivity index (χ4v) is 2.51. The van der Waals surface area contributed by atoms with Crippen LogP contribution in [0.2, 0.25) is 5.02 Å². The monoisotopic (exact) mass is 275 g/mol. The highest BCUT2D eigenvalue weighted by Crippen LogP contribution is 2.19. The number of hydrogen-bond acceptors (Lipinski definition) is 3. The number of halogens is 1. The molecule has 0 unspecified atom stereocenters. The first kappa shape index (κ1) is 12.2. The van der Waals surface area contributed by atoms with E-state index in [1.165, 1.54) is 6.07 Å². The van der Waals surface area contributed by atoms with Crippen molar-refractivity contribution in [1.82, 2.24) is 9.55 Å². The Morgan fingerprint density at radius 3 is 3.00 bits per heavy atom. The van der Waals surface area contributed by atoms with Crippen molar-refractivity contribution in [3.63, 3.8) is 0 Å². The van der Waals surface area contributed by atoms with Gasteiger partial charge in [0, 0.05) is 29.7 Å². The van der Waals surface area contributed by atoms with E-state index in [1.807, 2.05) is 18.2 Å². The lowest BCUT2D eigenvalue weighted by Crippen LogP contribution is -2.28. The third kappa shape index (κ3) is 2.63. The molecule has 0 fully saturated rings. The van der Waals surface area contributed by atoms with Crippen molar-refractivity contribution in [2.75, 3.05) is 5.32 Å². The van der Waals surface area contributed by atoms with E-state index in [9.17, 15) is 4.79 Å². The van der Waals surface area contributed by atoms with Gasteiger partial charge in [0.1, 0.15) is 11.6 Å². The molecular weight excluding hydrogens is 262 g/mol. The number of anilines is 2. The number of aromatic nitrogens is 2. The first-order chi connectivity index (χ1) is 9.22. The van der Waals surface area contributed by atoms with Crippen LogP contribution in [0.15, 0.2) is 35.1 Å². The third-order valence-corrected chi connectivity index (χ3v) is 3.45. The second kappa shape index (κ2) is 5.05. The Morgan fingerprint density at radius 2 is 2.16 bits per heavy atom. The number of fused-ring (bicyclic) bond motifs is 1. The number of benzene rings is 1. The summed E-state index contributed by atoms with van der Waals surface area (Å²) in [6.45, 7) is 0.776. The molecule has 0 atom stereocenters. The van der Waals surface area contributed by atoms with Crippen molar-refractivity contribution in [3.05, 3.63) is 51.5 Å². The normalized spacial score (nSPS) is 13.9. The molecule has 2 aromatic rings. The molecule has 0 spiro atoms. The molecule has 0 aliphatic carbocycles. The summed E-state index contributed by atoms with van der Waals surface area (Å²) in [4.78, 5) is 16.5. The van der Waals surface area contributed by atoms with Crippen molar-refractivity contribution in [3.8, 4) is 0 Å². The maximum absolute atomic E-state index is 12.0. The Morgan fingerprint density at radius 1 is 1.26 bits per heavy atom. The maximum atomic E-state index is 12.0. The lowest BCUT2D eigenvalue weighted by Gasteiger charge is -2.18. The molecule has 2 heterocycles. The standard InChI is InChI=1S/C14H14ClN3O/c15-10-4-3-5-11(8-10)16-12-9-14(19)18-7-2-1-6-13(18)17-12/h3-5,8-9,16H,1-2,6-7H2. The van der Waals surface area contributed by atoms with Gasteiger partial charge in [0.25, 0.3) is 5.56 Å². The van der Waals surface area contributed by atoms with Gasteiger partial charge in [0.15, 0.2) is 0 Å². The zero-order valence-electron chi connectivity index (χ0n) is 10.4. The number of nitrogens with one attached hydrogen (secondary N) is 1. The molecule has 1 N–H and O–H groups in total. The molecule has 1 aromatic carbocycles. The molecule has 5 heteroatoms. The largest absolute Gasteiger partial charge is 0.340 e. The zero-order valence-corrected chi connectivity index (χ0v) is 11.2. The Bertz CT molecular complexity index is 666. The second-order valence-electron chi connectivity index (χ2n) is 4.64. The van der Waals surface area contributed by atoms with Crippen LogP contribution in [0.5, 0.6) is 0 Å². The maximum Gasteiger partial charge on any atom is 0.255 e. The van der Waals surface area contributed by atoms with Crippen LogP contribution in [0.3, 0.4) is 0 Å². The second-order valence-corrected chi connectivity index (χ2v) is 5.08. The summed E-state index contributed by atoms with van der Waals surface area (Å²) in [7, 11) is 0. The lowest BCUT2D eigenvalue weighted by molar-refractivity contribution is 0.497. The Kier molecular flexibility index (Phi) is 3.25. The molecule has 0 radical (unpaired) electrons. The minimum Gasteiger partial charge on any atom is -0.340 e. The average molecular weight is 276 g/mol. The topological polar surface area (TPSA) is 46.9 Å². The summed E-state index contributed by atoms with van der Waals surface area (Å²) in [5, 5.41) is 3.78. The van der Waals surface area contributed by atoms with Crippen LogP contribution in [-0.4, -0.2) is 9.55 Å². The van der Waals surface area contributed by atoms with Crippen LogP contribution in [0, 0.1) is 0 Å². The van der Waals surface area contributed by atoms with Gasteiger partial charge in [-0.05, 0) is 31.0 Å². The predicted octanol–water partition coefficient (Wildman–Crippen LogP) is 2.98. The highest BCUT2D eigenvalue weighted by Gasteiger charge is 2.12. The summed E-state index contributed by atoms with van der Waals surface area (Å²) < 4.78 is 1.76. The van der Waals surface area contributed by atoms with Crippen molar-refractivity contribution in [2.45, 2.75) is 25.8 Å². The summed E-state index contributed by atoms with van der Waals surface area (Å²) in [6.07, 6.45) is 3.00. The minimum absolute atomic E-state index is 0.00854. The first-order valence-electron chi connectivity index (χ1n) is 6.36. The van der Waals surface area contributed by atoms with Gasteiger partial charge in [-0.15, -0.1) is 0 Å². The fourth-order valence-electron chi connectivity index (χ4n) is 2.32. The molecule has 1 aliphatic rings. The fraction of sp³-hybridized carbons (Fsp3) is 0.286. The smallest absolute Gasteiger partial charge is 0.255 e. The summed E-state index contributed by atoms with van der Waals surface area (Å²) in [5.41, 5.74) is 0.842. The molecule has 0 bridgehead atoms. The number of aryl methyl sites for hydroxylation is 1. The van der Waals surface area contributed by atoms with E-state index < -0.39 is 0 Å². The van der Waals surface area contributed by atoms with E-state index in [-0.39, 0.29) is 5.56 Å². The highest BCUT2D eigenvalue weighted by molar-refractivity contribution is 6.30. The van der Waals surface area contributed by atoms with Crippen LogP contribution in [0.25, 0.3) is 0 Å². The van der Waals surface area contributed by atoms with Gasteiger partial charge >= 0.3 is 0 Å². The van der Waals surface area contributed by atoms with Gasteiger partial charge in [-0.2, -0.15) is 0 Å². The van der Waals surface area contributed by atoms with E-state index in [2.05, 4.69) is 10.3 Å². The molecule has 0 saturated heterocycles.